The average molecular weight is 301 g/mol. The SMILES string of the molecule is Cc1cc(O)c(O)c(Br)c1CN1CCNCC1. The molecule has 1 saturated heterocycles. The Morgan fingerprint density at radius 3 is 2.65 bits per heavy atom. The fraction of sp³-hybridized carbons (Fsp3) is 0.500. The minimum atomic E-state index is -0.0709. The maximum atomic E-state index is 9.71. The van der Waals surface area contributed by atoms with Gasteiger partial charge in [-0.25, -0.2) is 0 Å². The Labute approximate surface area is 109 Å². The van der Waals surface area contributed by atoms with Crippen molar-refractivity contribution < 1.29 is 10.2 Å². The van der Waals surface area contributed by atoms with Gasteiger partial charge in [0, 0.05) is 32.7 Å². The van der Waals surface area contributed by atoms with Gasteiger partial charge in [0.1, 0.15) is 0 Å². The first-order chi connectivity index (χ1) is 8.09. The highest BCUT2D eigenvalue weighted by molar-refractivity contribution is 9.10. The highest BCUT2D eigenvalue weighted by atomic mass is 79.9. The molecule has 0 bridgehead atoms. The minimum Gasteiger partial charge on any atom is -0.504 e. The highest BCUT2D eigenvalue weighted by Gasteiger charge is 2.17. The van der Waals surface area contributed by atoms with Crippen LogP contribution in [0.1, 0.15) is 11.1 Å². The quantitative estimate of drug-likeness (QED) is 0.726. The molecule has 1 aliphatic rings. The monoisotopic (exact) mass is 300 g/mol. The fourth-order valence-corrected chi connectivity index (χ4v) is 2.72. The van der Waals surface area contributed by atoms with Gasteiger partial charge in [-0.2, -0.15) is 0 Å². The van der Waals surface area contributed by atoms with Gasteiger partial charge in [-0.15, -0.1) is 0 Å². The van der Waals surface area contributed by atoms with Crippen molar-refractivity contribution in [1.82, 2.24) is 10.2 Å². The van der Waals surface area contributed by atoms with Crippen molar-refractivity contribution in [2.24, 2.45) is 0 Å². The normalized spacial score (nSPS) is 17.3. The van der Waals surface area contributed by atoms with Crippen LogP contribution in [0, 0.1) is 6.92 Å². The topological polar surface area (TPSA) is 55.7 Å². The molecule has 0 unspecified atom stereocenters. The predicted octanol–water partition coefficient (Wildman–Crippen LogP) is 1.57. The third-order valence-corrected chi connectivity index (χ3v) is 3.99. The van der Waals surface area contributed by atoms with Crippen LogP contribution in [0.4, 0.5) is 0 Å². The van der Waals surface area contributed by atoms with Gasteiger partial charge in [-0.1, -0.05) is 0 Å². The van der Waals surface area contributed by atoms with Crippen LogP contribution in [-0.2, 0) is 6.54 Å². The minimum absolute atomic E-state index is 0.0688. The summed E-state index contributed by atoms with van der Waals surface area (Å²) >= 11 is 3.36. The first-order valence-electron chi connectivity index (χ1n) is 5.72. The molecule has 0 saturated carbocycles. The average Bonchev–Trinajstić information content (AvgIpc) is 2.33. The molecular weight excluding hydrogens is 284 g/mol. The predicted molar refractivity (Wildman–Crippen MR) is 70.4 cm³/mol. The summed E-state index contributed by atoms with van der Waals surface area (Å²) in [5, 5.41) is 22.5. The zero-order valence-corrected chi connectivity index (χ0v) is 11.4. The molecule has 0 aliphatic carbocycles. The van der Waals surface area contributed by atoms with Crippen molar-refractivity contribution in [3.05, 3.63) is 21.7 Å². The van der Waals surface area contributed by atoms with Crippen molar-refractivity contribution in [1.29, 1.82) is 0 Å². The first-order valence-corrected chi connectivity index (χ1v) is 6.52. The van der Waals surface area contributed by atoms with Gasteiger partial charge in [0.25, 0.3) is 0 Å². The molecule has 3 N–H and O–H groups in total. The number of nitrogens with zero attached hydrogens (tertiary/aromatic N) is 1. The van der Waals surface area contributed by atoms with E-state index in [4.69, 9.17) is 0 Å². The van der Waals surface area contributed by atoms with Crippen molar-refractivity contribution in [2.75, 3.05) is 26.2 Å². The second-order valence-corrected chi connectivity index (χ2v) is 5.17. The molecule has 1 heterocycles. The molecule has 5 heteroatoms. The lowest BCUT2D eigenvalue weighted by molar-refractivity contribution is 0.232. The zero-order valence-electron chi connectivity index (χ0n) is 9.83. The number of aryl methyl sites for hydroxylation is 1. The fourth-order valence-electron chi connectivity index (χ4n) is 2.08. The summed E-state index contributed by atoms with van der Waals surface area (Å²) in [4.78, 5) is 2.33. The molecule has 17 heavy (non-hydrogen) atoms. The Hall–Kier alpha value is -0.780. The van der Waals surface area contributed by atoms with Crippen molar-refractivity contribution >= 4 is 15.9 Å². The van der Waals surface area contributed by atoms with Gasteiger partial charge < -0.3 is 15.5 Å². The Bertz CT molecular complexity index is 417. The molecule has 94 valence electrons. The van der Waals surface area contributed by atoms with Crippen molar-refractivity contribution in [3.8, 4) is 11.5 Å². The molecule has 1 aromatic rings. The Kier molecular flexibility index (Phi) is 3.91. The largest absolute Gasteiger partial charge is 0.504 e. The molecule has 0 spiro atoms. The van der Waals surface area contributed by atoms with Crippen molar-refractivity contribution in [3.63, 3.8) is 0 Å². The summed E-state index contributed by atoms with van der Waals surface area (Å²) in [6.45, 7) is 6.76. The lowest BCUT2D eigenvalue weighted by atomic mass is 10.1. The van der Waals surface area contributed by atoms with Crippen LogP contribution in [0.25, 0.3) is 0 Å². The number of phenolic OH excluding ortho intramolecular Hbond substituents is 2. The molecule has 4 nitrogen and oxygen atoms in total. The van der Waals surface area contributed by atoms with Crippen LogP contribution in [0.5, 0.6) is 11.5 Å². The lowest BCUT2D eigenvalue weighted by Crippen LogP contribution is -2.43. The lowest BCUT2D eigenvalue weighted by Gasteiger charge is -2.28. The summed E-state index contributed by atoms with van der Waals surface area (Å²) in [5.74, 6) is -0.140. The molecule has 0 atom stereocenters. The molecule has 0 amide bonds. The molecule has 0 aromatic heterocycles. The number of phenols is 2. The van der Waals surface area contributed by atoms with E-state index in [1.807, 2.05) is 6.92 Å². The summed E-state index contributed by atoms with van der Waals surface area (Å²) < 4.78 is 0.605. The van der Waals surface area contributed by atoms with Gasteiger partial charge in [0.05, 0.1) is 4.47 Å². The molecular formula is C12H17BrN2O2. The van der Waals surface area contributed by atoms with Crippen LogP contribution in [-0.4, -0.2) is 41.3 Å². The number of piperazine rings is 1. The van der Waals surface area contributed by atoms with Gasteiger partial charge in [0.15, 0.2) is 11.5 Å². The van der Waals surface area contributed by atoms with E-state index in [9.17, 15) is 10.2 Å². The highest BCUT2D eigenvalue weighted by Crippen LogP contribution is 2.38. The Morgan fingerprint density at radius 1 is 1.35 bits per heavy atom. The molecule has 1 fully saturated rings. The third-order valence-electron chi connectivity index (χ3n) is 3.14. The molecule has 1 aromatic carbocycles. The Morgan fingerprint density at radius 2 is 2.00 bits per heavy atom. The summed E-state index contributed by atoms with van der Waals surface area (Å²) in [7, 11) is 0. The summed E-state index contributed by atoms with van der Waals surface area (Å²) in [5.41, 5.74) is 2.04. The second kappa shape index (κ2) is 5.25. The van der Waals surface area contributed by atoms with E-state index in [1.165, 1.54) is 0 Å². The van der Waals surface area contributed by atoms with Crippen molar-refractivity contribution in [2.45, 2.75) is 13.5 Å². The Balaban J connectivity index is 2.22. The maximum Gasteiger partial charge on any atom is 0.172 e. The molecule has 1 aliphatic heterocycles. The van der Waals surface area contributed by atoms with Gasteiger partial charge in [0.2, 0.25) is 0 Å². The number of hydrogen-bond donors (Lipinski definition) is 3. The maximum absolute atomic E-state index is 9.71. The van der Waals surface area contributed by atoms with Gasteiger partial charge in [-0.05, 0) is 40.0 Å². The van der Waals surface area contributed by atoms with Crippen LogP contribution < -0.4 is 5.32 Å². The number of benzene rings is 1. The standard InChI is InChI=1S/C12H17BrN2O2/c1-8-6-10(16)12(17)11(13)9(8)7-15-4-2-14-3-5-15/h6,14,16-17H,2-5,7H2,1H3. The van der Waals surface area contributed by atoms with E-state index in [1.54, 1.807) is 6.07 Å². The van der Waals surface area contributed by atoms with Crippen LogP contribution in [0.3, 0.4) is 0 Å². The van der Waals surface area contributed by atoms with E-state index in [0.29, 0.717) is 4.47 Å². The van der Waals surface area contributed by atoms with Crippen LogP contribution in [0.2, 0.25) is 0 Å². The van der Waals surface area contributed by atoms with Crippen LogP contribution >= 0.6 is 15.9 Å². The van der Waals surface area contributed by atoms with E-state index < -0.39 is 0 Å². The van der Waals surface area contributed by atoms with Gasteiger partial charge in [-0.3, -0.25) is 4.90 Å². The number of nitrogens with one attached hydrogen (secondary N) is 1. The number of hydrogen-bond acceptors (Lipinski definition) is 4. The second-order valence-electron chi connectivity index (χ2n) is 4.38. The number of rotatable bonds is 2. The smallest absolute Gasteiger partial charge is 0.172 e. The van der Waals surface area contributed by atoms with E-state index in [-0.39, 0.29) is 11.5 Å². The summed E-state index contributed by atoms with van der Waals surface area (Å²) in [6, 6.07) is 1.61. The van der Waals surface area contributed by atoms with E-state index >= 15 is 0 Å². The number of halogens is 1. The zero-order chi connectivity index (χ0) is 12.4. The third kappa shape index (κ3) is 2.73. The first kappa shape index (κ1) is 12.7. The van der Waals surface area contributed by atoms with E-state index in [2.05, 4.69) is 26.1 Å². The van der Waals surface area contributed by atoms with Gasteiger partial charge >= 0.3 is 0 Å². The number of aromatic hydroxyl groups is 2. The van der Waals surface area contributed by atoms with E-state index in [0.717, 1.165) is 43.9 Å². The molecule has 2 rings (SSSR count). The van der Waals surface area contributed by atoms with Crippen LogP contribution in [0.15, 0.2) is 10.5 Å². The summed E-state index contributed by atoms with van der Waals surface area (Å²) in [6.07, 6.45) is 0. The molecule has 0 radical (unpaired) electrons.